The van der Waals surface area contributed by atoms with Gasteiger partial charge in [0.2, 0.25) is 0 Å². The van der Waals surface area contributed by atoms with E-state index in [1.54, 1.807) is 30.5 Å². The van der Waals surface area contributed by atoms with Crippen LogP contribution in [0.5, 0.6) is 0 Å². The number of nitrogens with one attached hydrogen (secondary N) is 1. The number of carbonyl (C=O) groups is 2. The summed E-state index contributed by atoms with van der Waals surface area (Å²) in [6.07, 6.45) is 8.12. The van der Waals surface area contributed by atoms with Crippen LogP contribution in [-0.2, 0) is 0 Å². The molecule has 0 radical (unpaired) electrons. The fraction of sp³-hybridized carbons (Fsp3) is 0.318. The molecule has 1 saturated heterocycles. The Bertz CT molecular complexity index is 999. The molecule has 6 nitrogen and oxygen atoms in total. The van der Waals surface area contributed by atoms with Crippen molar-refractivity contribution in [2.75, 3.05) is 18.4 Å². The number of aryl methyl sites for hydroxylation is 1. The molecule has 4 rings (SSSR count). The maximum Gasteiger partial charge on any atom is 0.275 e. The number of aromatic nitrogens is 2. The quantitative estimate of drug-likeness (QED) is 0.754. The summed E-state index contributed by atoms with van der Waals surface area (Å²) in [5.74, 6) is -0.205. The van der Waals surface area contributed by atoms with Crippen LogP contribution in [0.2, 0.25) is 0 Å². The van der Waals surface area contributed by atoms with E-state index < -0.39 is 0 Å². The molecule has 144 valence electrons. The molecule has 0 saturated carbocycles. The molecule has 1 aliphatic heterocycles. The number of benzene rings is 1. The third kappa shape index (κ3) is 3.91. The number of amides is 2. The van der Waals surface area contributed by atoms with Crippen molar-refractivity contribution in [2.24, 2.45) is 0 Å². The Morgan fingerprint density at radius 2 is 1.71 bits per heavy atom. The fourth-order valence-corrected chi connectivity index (χ4v) is 3.54. The van der Waals surface area contributed by atoms with Crippen LogP contribution in [0.25, 0.3) is 5.65 Å². The minimum absolute atomic E-state index is 0.0653. The van der Waals surface area contributed by atoms with E-state index in [-0.39, 0.29) is 11.8 Å². The van der Waals surface area contributed by atoms with Crippen molar-refractivity contribution in [1.29, 1.82) is 0 Å². The van der Waals surface area contributed by atoms with Crippen LogP contribution in [0.1, 0.15) is 52.1 Å². The van der Waals surface area contributed by atoms with Crippen molar-refractivity contribution in [3.05, 3.63) is 65.6 Å². The minimum Gasteiger partial charge on any atom is -0.339 e. The third-order valence-corrected chi connectivity index (χ3v) is 5.13. The van der Waals surface area contributed by atoms with Gasteiger partial charge in [0, 0.05) is 36.7 Å². The first-order chi connectivity index (χ1) is 13.6. The summed E-state index contributed by atoms with van der Waals surface area (Å²) in [6.45, 7) is 3.64. The first-order valence-corrected chi connectivity index (χ1v) is 9.76. The standard InChI is InChI=1S/C22H24N4O2/c1-16-10-13-26-15-19(24-20(26)14-16)21(27)23-18-8-6-17(7-9-18)22(28)25-11-4-2-3-5-12-25/h6-10,13-15H,2-5,11-12H2,1H3,(H,23,27). The van der Waals surface area contributed by atoms with E-state index in [0.29, 0.717) is 16.9 Å². The lowest BCUT2D eigenvalue weighted by atomic mass is 10.1. The zero-order valence-corrected chi connectivity index (χ0v) is 16.0. The Kier molecular flexibility index (Phi) is 5.10. The van der Waals surface area contributed by atoms with Gasteiger partial charge < -0.3 is 14.6 Å². The largest absolute Gasteiger partial charge is 0.339 e. The second kappa shape index (κ2) is 7.84. The van der Waals surface area contributed by atoms with Gasteiger partial charge in [0.15, 0.2) is 0 Å². The lowest BCUT2D eigenvalue weighted by Gasteiger charge is -2.20. The van der Waals surface area contributed by atoms with Crippen molar-refractivity contribution in [3.8, 4) is 0 Å². The molecule has 1 aromatic carbocycles. The minimum atomic E-state index is -0.270. The monoisotopic (exact) mass is 376 g/mol. The van der Waals surface area contributed by atoms with Gasteiger partial charge in [0.25, 0.3) is 11.8 Å². The molecule has 2 amide bonds. The van der Waals surface area contributed by atoms with Crippen molar-refractivity contribution in [2.45, 2.75) is 32.6 Å². The van der Waals surface area contributed by atoms with Crippen LogP contribution in [0.3, 0.4) is 0 Å². The Morgan fingerprint density at radius 3 is 2.43 bits per heavy atom. The highest BCUT2D eigenvalue weighted by Crippen LogP contribution is 2.16. The lowest BCUT2D eigenvalue weighted by Crippen LogP contribution is -2.31. The maximum atomic E-state index is 12.7. The van der Waals surface area contributed by atoms with Crippen molar-refractivity contribution >= 4 is 23.1 Å². The molecular formula is C22H24N4O2. The Labute approximate surface area is 164 Å². The van der Waals surface area contributed by atoms with Crippen molar-refractivity contribution < 1.29 is 9.59 Å². The number of rotatable bonds is 3. The van der Waals surface area contributed by atoms with Gasteiger partial charge in [-0.15, -0.1) is 0 Å². The first-order valence-electron chi connectivity index (χ1n) is 9.76. The zero-order chi connectivity index (χ0) is 19.5. The SMILES string of the molecule is Cc1ccn2cc(C(=O)Nc3ccc(C(=O)N4CCCCCC4)cc3)nc2c1. The highest BCUT2D eigenvalue weighted by atomic mass is 16.2. The van der Waals surface area contributed by atoms with Gasteiger partial charge in [0.1, 0.15) is 11.3 Å². The highest BCUT2D eigenvalue weighted by Gasteiger charge is 2.17. The predicted molar refractivity (Wildman–Crippen MR) is 109 cm³/mol. The number of anilines is 1. The van der Waals surface area contributed by atoms with Crippen LogP contribution < -0.4 is 5.32 Å². The maximum absolute atomic E-state index is 12.7. The smallest absolute Gasteiger partial charge is 0.275 e. The average Bonchev–Trinajstić information content (AvgIpc) is 2.93. The summed E-state index contributed by atoms with van der Waals surface area (Å²) in [5.41, 5.74) is 3.49. The van der Waals surface area contributed by atoms with E-state index in [2.05, 4.69) is 10.3 Å². The summed E-state index contributed by atoms with van der Waals surface area (Å²) < 4.78 is 1.82. The van der Waals surface area contributed by atoms with Gasteiger partial charge in [-0.1, -0.05) is 12.8 Å². The predicted octanol–water partition coefficient (Wildman–Crippen LogP) is 3.91. The molecule has 6 heteroatoms. The second-order valence-electron chi connectivity index (χ2n) is 7.33. The number of pyridine rings is 1. The molecule has 3 heterocycles. The number of likely N-dealkylation sites (tertiary alicyclic amines) is 1. The molecule has 0 unspecified atom stereocenters. The molecule has 3 aromatic rings. The number of hydrogen-bond donors (Lipinski definition) is 1. The summed E-state index contributed by atoms with van der Waals surface area (Å²) in [4.78, 5) is 31.5. The topological polar surface area (TPSA) is 66.7 Å². The van der Waals surface area contributed by atoms with E-state index in [1.165, 1.54) is 12.8 Å². The Morgan fingerprint density at radius 1 is 1.00 bits per heavy atom. The number of hydrogen-bond acceptors (Lipinski definition) is 3. The van der Waals surface area contributed by atoms with Gasteiger partial charge in [-0.05, 0) is 61.7 Å². The normalized spacial score (nSPS) is 14.7. The van der Waals surface area contributed by atoms with E-state index in [9.17, 15) is 9.59 Å². The molecule has 0 aliphatic carbocycles. The Hall–Kier alpha value is -3.15. The number of nitrogens with zero attached hydrogens (tertiary/aromatic N) is 3. The number of carbonyl (C=O) groups excluding carboxylic acids is 2. The lowest BCUT2D eigenvalue weighted by molar-refractivity contribution is 0.0761. The van der Waals surface area contributed by atoms with Crippen LogP contribution in [0.15, 0.2) is 48.8 Å². The van der Waals surface area contributed by atoms with Crippen molar-refractivity contribution in [1.82, 2.24) is 14.3 Å². The third-order valence-electron chi connectivity index (χ3n) is 5.13. The van der Waals surface area contributed by atoms with E-state index in [1.807, 2.05) is 34.6 Å². The first kappa shape index (κ1) is 18.2. The number of fused-ring (bicyclic) bond motifs is 1. The molecule has 1 N–H and O–H groups in total. The Balaban J connectivity index is 1.44. The van der Waals surface area contributed by atoms with Crippen molar-refractivity contribution in [3.63, 3.8) is 0 Å². The van der Waals surface area contributed by atoms with Gasteiger partial charge in [0.05, 0.1) is 0 Å². The fourth-order valence-electron chi connectivity index (χ4n) is 3.54. The van der Waals surface area contributed by atoms with Gasteiger partial charge in [-0.2, -0.15) is 0 Å². The van der Waals surface area contributed by atoms with E-state index in [4.69, 9.17) is 0 Å². The van der Waals surface area contributed by atoms with Crippen LogP contribution in [0, 0.1) is 6.92 Å². The number of imidazole rings is 1. The van der Waals surface area contributed by atoms with E-state index >= 15 is 0 Å². The molecular weight excluding hydrogens is 352 g/mol. The van der Waals surface area contributed by atoms with Gasteiger partial charge in [-0.3, -0.25) is 9.59 Å². The molecule has 0 spiro atoms. The molecule has 28 heavy (non-hydrogen) atoms. The molecule has 0 bridgehead atoms. The van der Waals surface area contributed by atoms with Crippen LogP contribution >= 0.6 is 0 Å². The average molecular weight is 376 g/mol. The summed E-state index contributed by atoms with van der Waals surface area (Å²) in [7, 11) is 0. The van der Waals surface area contributed by atoms with Crippen LogP contribution in [0.4, 0.5) is 5.69 Å². The van der Waals surface area contributed by atoms with Crippen LogP contribution in [-0.4, -0.2) is 39.2 Å². The highest BCUT2D eigenvalue weighted by molar-refractivity contribution is 6.03. The summed E-state index contributed by atoms with van der Waals surface area (Å²) >= 11 is 0. The molecule has 1 fully saturated rings. The van der Waals surface area contributed by atoms with Gasteiger partial charge >= 0.3 is 0 Å². The molecule has 0 atom stereocenters. The zero-order valence-electron chi connectivity index (χ0n) is 16.0. The molecule has 2 aromatic heterocycles. The molecule has 1 aliphatic rings. The second-order valence-corrected chi connectivity index (χ2v) is 7.33. The van der Waals surface area contributed by atoms with Gasteiger partial charge in [-0.25, -0.2) is 4.98 Å². The van der Waals surface area contributed by atoms with E-state index in [0.717, 1.165) is 37.1 Å². The summed E-state index contributed by atoms with van der Waals surface area (Å²) in [5, 5.41) is 2.85. The summed E-state index contributed by atoms with van der Waals surface area (Å²) in [6, 6.07) is 11.0.